The zero-order valence-corrected chi connectivity index (χ0v) is 8.17. The van der Waals surface area contributed by atoms with Crippen LogP contribution in [0.4, 0.5) is 0 Å². The van der Waals surface area contributed by atoms with Crippen LogP contribution in [0.5, 0.6) is 0 Å². The number of nitrogens with one attached hydrogen (secondary N) is 1. The molecule has 0 aliphatic carbocycles. The van der Waals surface area contributed by atoms with Gasteiger partial charge in [-0.3, -0.25) is 5.10 Å². The summed E-state index contributed by atoms with van der Waals surface area (Å²) < 4.78 is 0. The SMILES string of the molecule is CC(C)Cc1[nH]ncc1CCC#N. The second-order valence-corrected chi connectivity index (χ2v) is 3.63. The van der Waals surface area contributed by atoms with Crippen molar-refractivity contribution in [2.45, 2.75) is 33.1 Å². The van der Waals surface area contributed by atoms with Crippen molar-refractivity contribution in [3.63, 3.8) is 0 Å². The molecule has 0 radical (unpaired) electrons. The Morgan fingerprint density at radius 2 is 2.38 bits per heavy atom. The van der Waals surface area contributed by atoms with Gasteiger partial charge in [0.1, 0.15) is 0 Å². The van der Waals surface area contributed by atoms with Gasteiger partial charge in [-0.15, -0.1) is 0 Å². The number of rotatable bonds is 4. The minimum atomic E-state index is 0.574. The average molecular weight is 177 g/mol. The van der Waals surface area contributed by atoms with Gasteiger partial charge in [0.25, 0.3) is 0 Å². The summed E-state index contributed by atoms with van der Waals surface area (Å²) in [7, 11) is 0. The molecular weight excluding hydrogens is 162 g/mol. The van der Waals surface area contributed by atoms with E-state index in [1.807, 2.05) is 6.20 Å². The summed E-state index contributed by atoms with van der Waals surface area (Å²) >= 11 is 0. The molecule has 1 aromatic heterocycles. The van der Waals surface area contributed by atoms with Crippen molar-refractivity contribution in [3.8, 4) is 6.07 Å². The summed E-state index contributed by atoms with van der Waals surface area (Å²) in [6, 6.07) is 2.14. The van der Waals surface area contributed by atoms with Gasteiger partial charge in [-0.2, -0.15) is 10.4 Å². The van der Waals surface area contributed by atoms with Gasteiger partial charge in [-0.25, -0.2) is 0 Å². The van der Waals surface area contributed by atoms with E-state index in [0.717, 1.165) is 12.8 Å². The van der Waals surface area contributed by atoms with Crippen LogP contribution in [0, 0.1) is 17.2 Å². The van der Waals surface area contributed by atoms with E-state index in [-0.39, 0.29) is 0 Å². The highest BCUT2D eigenvalue weighted by molar-refractivity contribution is 5.17. The van der Waals surface area contributed by atoms with Crippen molar-refractivity contribution < 1.29 is 0 Å². The molecule has 0 saturated carbocycles. The van der Waals surface area contributed by atoms with Crippen molar-refractivity contribution in [3.05, 3.63) is 17.5 Å². The van der Waals surface area contributed by atoms with E-state index in [2.05, 4.69) is 30.1 Å². The van der Waals surface area contributed by atoms with Crippen molar-refractivity contribution in [1.82, 2.24) is 10.2 Å². The van der Waals surface area contributed by atoms with E-state index >= 15 is 0 Å². The summed E-state index contributed by atoms with van der Waals surface area (Å²) in [5, 5.41) is 15.4. The number of nitrogens with zero attached hydrogens (tertiary/aromatic N) is 2. The van der Waals surface area contributed by atoms with E-state index < -0.39 is 0 Å². The summed E-state index contributed by atoms with van der Waals surface area (Å²) in [4.78, 5) is 0. The molecule has 3 nitrogen and oxygen atoms in total. The number of hydrogen-bond acceptors (Lipinski definition) is 2. The highest BCUT2D eigenvalue weighted by Gasteiger charge is 2.06. The summed E-state index contributed by atoms with van der Waals surface area (Å²) in [5.41, 5.74) is 2.38. The largest absolute Gasteiger partial charge is 0.282 e. The molecule has 3 heteroatoms. The molecule has 1 rings (SSSR count). The lowest BCUT2D eigenvalue weighted by molar-refractivity contribution is 0.629. The van der Waals surface area contributed by atoms with Crippen molar-refractivity contribution in [2.75, 3.05) is 0 Å². The maximum absolute atomic E-state index is 8.46. The van der Waals surface area contributed by atoms with E-state index in [4.69, 9.17) is 5.26 Å². The van der Waals surface area contributed by atoms with Crippen LogP contribution >= 0.6 is 0 Å². The van der Waals surface area contributed by atoms with Crippen molar-refractivity contribution in [1.29, 1.82) is 5.26 Å². The Morgan fingerprint density at radius 1 is 1.62 bits per heavy atom. The normalized spacial score (nSPS) is 10.3. The molecule has 70 valence electrons. The van der Waals surface area contributed by atoms with Gasteiger partial charge in [-0.1, -0.05) is 13.8 Å². The molecular formula is C10H15N3. The average Bonchev–Trinajstić information content (AvgIpc) is 2.48. The zero-order valence-electron chi connectivity index (χ0n) is 8.17. The lowest BCUT2D eigenvalue weighted by Crippen LogP contribution is -1.98. The fourth-order valence-corrected chi connectivity index (χ4v) is 1.33. The van der Waals surface area contributed by atoms with Gasteiger partial charge in [0.15, 0.2) is 0 Å². The number of H-pyrrole nitrogens is 1. The number of aromatic amines is 1. The molecule has 1 N–H and O–H groups in total. The predicted molar refractivity (Wildman–Crippen MR) is 51.1 cm³/mol. The first-order valence-corrected chi connectivity index (χ1v) is 4.62. The molecule has 13 heavy (non-hydrogen) atoms. The van der Waals surface area contributed by atoms with E-state index in [1.54, 1.807) is 0 Å². The number of aromatic nitrogens is 2. The smallest absolute Gasteiger partial charge is 0.0625 e. The molecule has 0 spiro atoms. The third kappa shape index (κ3) is 2.90. The van der Waals surface area contributed by atoms with Gasteiger partial charge in [-0.05, 0) is 24.3 Å². The van der Waals surface area contributed by atoms with Crippen LogP contribution in [0.15, 0.2) is 6.20 Å². The molecule has 0 aliphatic heterocycles. The Morgan fingerprint density at radius 3 is 3.00 bits per heavy atom. The van der Waals surface area contributed by atoms with Crippen LogP contribution in [0.3, 0.4) is 0 Å². The Balaban J connectivity index is 2.61. The van der Waals surface area contributed by atoms with Gasteiger partial charge < -0.3 is 0 Å². The van der Waals surface area contributed by atoms with Crippen LogP contribution < -0.4 is 0 Å². The monoisotopic (exact) mass is 177 g/mol. The number of hydrogen-bond donors (Lipinski definition) is 1. The molecule has 0 saturated heterocycles. The van der Waals surface area contributed by atoms with Gasteiger partial charge in [0.2, 0.25) is 0 Å². The molecule has 0 amide bonds. The second-order valence-electron chi connectivity index (χ2n) is 3.63. The summed E-state index contributed by atoms with van der Waals surface area (Å²) in [6.07, 6.45) is 4.23. The lowest BCUT2D eigenvalue weighted by atomic mass is 10.0. The molecule has 1 aromatic rings. The Labute approximate surface area is 78.8 Å². The third-order valence-electron chi connectivity index (χ3n) is 1.93. The van der Waals surface area contributed by atoms with E-state index in [9.17, 15) is 0 Å². The van der Waals surface area contributed by atoms with Crippen molar-refractivity contribution in [2.24, 2.45) is 5.92 Å². The standard InChI is InChI=1S/C10H15N3/c1-8(2)6-10-9(4-3-5-11)7-12-13-10/h7-8H,3-4,6H2,1-2H3,(H,12,13). The molecule has 0 bridgehead atoms. The maximum atomic E-state index is 8.46. The minimum absolute atomic E-state index is 0.574. The second kappa shape index (κ2) is 4.66. The predicted octanol–water partition coefficient (Wildman–Crippen LogP) is 2.06. The van der Waals surface area contributed by atoms with Crippen LogP contribution in [-0.4, -0.2) is 10.2 Å². The van der Waals surface area contributed by atoms with Crippen LogP contribution in [0.25, 0.3) is 0 Å². The zero-order chi connectivity index (χ0) is 9.68. The molecule has 0 unspecified atom stereocenters. The first kappa shape index (κ1) is 9.79. The number of nitriles is 1. The summed E-state index contributed by atoms with van der Waals surface area (Å²) in [5.74, 6) is 0.626. The Bertz CT molecular complexity index is 293. The first-order chi connectivity index (χ1) is 6.24. The topological polar surface area (TPSA) is 52.5 Å². The van der Waals surface area contributed by atoms with Crippen LogP contribution in [0.2, 0.25) is 0 Å². The first-order valence-electron chi connectivity index (χ1n) is 4.62. The minimum Gasteiger partial charge on any atom is -0.282 e. The highest BCUT2D eigenvalue weighted by atomic mass is 15.1. The van der Waals surface area contributed by atoms with E-state index in [1.165, 1.54) is 11.3 Å². The molecule has 0 aliphatic rings. The number of aryl methyl sites for hydroxylation is 1. The molecule has 1 heterocycles. The van der Waals surface area contributed by atoms with E-state index in [0.29, 0.717) is 12.3 Å². The lowest BCUT2D eigenvalue weighted by Gasteiger charge is -2.03. The fourth-order valence-electron chi connectivity index (χ4n) is 1.33. The highest BCUT2D eigenvalue weighted by Crippen LogP contribution is 2.12. The Kier molecular flexibility index (Phi) is 3.51. The quantitative estimate of drug-likeness (QED) is 0.765. The molecule has 0 aromatic carbocycles. The Hall–Kier alpha value is -1.30. The molecule has 0 atom stereocenters. The fraction of sp³-hybridized carbons (Fsp3) is 0.600. The van der Waals surface area contributed by atoms with Gasteiger partial charge in [0.05, 0.1) is 12.3 Å². The van der Waals surface area contributed by atoms with Crippen molar-refractivity contribution >= 4 is 0 Å². The summed E-state index contributed by atoms with van der Waals surface area (Å²) in [6.45, 7) is 4.35. The molecule has 0 fully saturated rings. The van der Waals surface area contributed by atoms with Gasteiger partial charge in [0, 0.05) is 12.1 Å². The third-order valence-corrected chi connectivity index (χ3v) is 1.93. The van der Waals surface area contributed by atoms with Crippen LogP contribution in [0.1, 0.15) is 31.5 Å². The van der Waals surface area contributed by atoms with Gasteiger partial charge >= 0.3 is 0 Å². The van der Waals surface area contributed by atoms with Crippen LogP contribution in [-0.2, 0) is 12.8 Å². The maximum Gasteiger partial charge on any atom is 0.0625 e.